The quantitative estimate of drug-likeness (QED) is 0.849. The first-order chi connectivity index (χ1) is 12.9. The van der Waals surface area contributed by atoms with Crippen LogP contribution < -0.4 is 19.7 Å². The minimum atomic E-state index is -0.116. The Hall–Kier alpha value is -3.02. The predicted molar refractivity (Wildman–Crippen MR) is 104 cm³/mol. The first-order valence-electron chi connectivity index (χ1n) is 9.01. The summed E-state index contributed by atoms with van der Waals surface area (Å²) in [7, 11) is 0. The normalized spacial score (nSPS) is 13.2. The summed E-state index contributed by atoms with van der Waals surface area (Å²) in [5.74, 6) is 1.06. The molecule has 0 atom stereocenters. The van der Waals surface area contributed by atoms with Crippen molar-refractivity contribution in [1.29, 1.82) is 0 Å². The number of hydrogen-bond acceptors (Lipinski definition) is 4. The number of fused-ring (bicyclic) bond motifs is 1. The number of rotatable bonds is 6. The minimum Gasteiger partial charge on any atom is -0.492 e. The van der Waals surface area contributed by atoms with Crippen LogP contribution in [0.5, 0.6) is 11.5 Å². The Kier molecular flexibility index (Phi) is 5.64. The van der Waals surface area contributed by atoms with Gasteiger partial charge in [-0.25, -0.2) is 0 Å². The largest absolute Gasteiger partial charge is 0.492 e. The fourth-order valence-corrected chi connectivity index (χ4v) is 2.77. The third-order valence-corrected chi connectivity index (χ3v) is 4.27. The molecule has 0 fully saturated rings. The molecule has 3 rings (SSSR count). The maximum absolute atomic E-state index is 12.3. The Morgan fingerprint density at radius 1 is 1.26 bits per heavy atom. The molecular formula is C21H24N2O4. The molecule has 0 spiro atoms. The highest BCUT2D eigenvalue weighted by Crippen LogP contribution is 2.34. The van der Waals surface area contributed by atoms with E-state index in [0.717, 1.165) is 11.3 Å². The van der Waals surface area contributed by atoms with Gasteiger partial charge in [0.05, 0.1) is 12.2 Å². The van der Waals surface area contributed by atoms with Crippen LogP contribution in [0.3, 0.4) is 0 Å². The lowest BCUT2D eigenvalue weighted by atomic mass is 10.1. The van der Waals surface area contributed by atoms with Gasteiger partial charge >= 0.3 is 0 Å². The zero-order valence-corrected chi connectivity index (χ0v) is 15.8. The van der Waals surface area contributed by atoms with Crippen molar-refractivity contribution in [3.05, 3.63) is 48.0 Å². The molecule has 0 unspecified atom stereocenters. The molecule has 2 aromatic carbocycles. The van der Waals surface area contributed by atoms with E-state index in [4.69, 9.17) is 9.47 Å². The molecule has 2 aromatic rings. The Labute approximate surface area is 159 Å². The van der Waals surface area contributed by atoms with Crippen LogP contribution in [0, 0.1) is 12.8 Å². The van der Waals surface area contributed by atoms with Crippen molar-refractivity contribution < 1.29 is 19.1 Å². The van der Waals surface area contributed by atoms with Gasteiger partial charge in [0.2, 0.25) is 5.91 Å². The molecule has 142 valence electrons. The van der Waals surface area contributed by atoms with Gasteiger partial charge in [-0.2, -0.15) is 0 Å². The lowest BCUT2D eigenvalue weighted by molar-refractivity contribution is -0.121. The number of amides is 2. The molecule has 0 saturated heterocycles. The van der Waals surface area contributed by atoms with Crippen LogP contribution in [0.25, 0.3) is 0 Å². The van der Waals surface area contributed by atoms with Crippen LogP contribution in [-0.2, 0) is 9.59 Å². The highest BCUT2D eigenvalue weighted by atomic mass is 16.5. The van der Waals surface area contributed by atoms with Crippen molar-refractivity contribution in [3.63, 3.8) is 0 Å². The predicted octanol–water partition coefficient (Wildman–Crippen LogP) is 3.39. The summed E-state index contributed by atoms with van der Waals surface area (Å²) in [5.41, 5.74) is 2.45. The molecule has 1 N–H and O–H groups in total. The molecule has 1 heterocycles. The summed E-state index contributed by atoms with van der Waals surface area (Å²) >= 11 is 0. The van der Waals surface area contributed by atoms with Gasteiger partial charge in [0.1, 0.15) is 18.1 Å². The van der Waals surface area contributed by atoms with Gasteiger partial charge in [-0.1, -0.05) is 26.0 Å². The van der Waals surface area contributed by atoms with E-state index < -0.39 is 0 Å². The highest BCUT2D eigenvalue weighted by molar-refractivity contribution is 5.99. The Balaban J connectivity index is 1.68. The molecule has 0 saturated carbocycles. The smallest absolute Gasteiger partial charge is 0.265 e. The second-order valence-corrected chi connectivity index (χ2v) is 6.83. The summed E-state index contributed by atoms with van der Waals surface area (Å²) in [5, 5.41) is 2.84. The Morgan fingerprint density at radius 3 is 2.81 bits per heavy atom. The number of ether oxygens (including phenoxy) is 2. The zero-order valence-electron chi connectivity index (χ0n) is 15.8. The van der Waals surface area contributed by atoms with Crippen molar-refractivity contribution in [3.8, 4) is 11.5 Å². The van der Waals surface area contributed by atoms with Gasteiger partial charge in [-0.3, -0.25) is 9.59 Å². The molecule has 6 heteroatoms. The van der Waals surface area contributed by atoms with Gasteiger partial charge in [-0.05, 0) is 36.8 Å². The monoisotopic (exact) mass is 368 g/mol. The average Bonchev–Trinajstić information content (AvgIpc) is 2.63. The topological polar surface area (TPSA) is 67.9 Å². The minimum absolute atomic E-state index is 0.0287. The fraction of sp³-hybridized carbons (Fsp3) is 0.333. The van der Waals surface area contributed by atoms with Crippen LogP contribution in [-0.4, -0.2) is 31.6 Å². The molecule has 0 bridgehead atoms. The number of aryl methyl sites for hydroxylation is 1. The van der Waals surface area contributed by atoms with Gasteiger partial charge in [-0.15, -0.1) is 0 Å². The van der Waals surface area contributed by atoms with Crippen molar-refractivity contribution in [2.75, 3.05) is 30.0 Å². The number of hydrogen-bond donors (Lipinski definition) is 1. The maximum Gasteiger partial charge on any atom is 0.265 e. The van der Waals surface area contributed by atoms with E-state index in [9.17, 15) is 9.59 Å². The van der Waals surface area contributed by atoms with Crippen LogP contribution in [0.4, 0.5) is 11.4 Å². The molecule has 0 aromatic heterocycles. The summed E-state index contributed by atoms with van der Waals surface area (Å²) in [6.07, 6.45) is 0. The maximum atomic E-state index is 12.3. The lowest BCUT2D eigenvalue weighted by Gasteiger charge is -2.29. The van der Waals surface area contributed by atoms with Gasteiger partial charge in [0.15, 0.2) is 6.61 Å². The van der Waals surface area contributed by atoms with Gasteiger partial charge < -0.3 is 19.7 Å². The Bertz CT molecular complexity index is 848. The summed E-state index contributed by atoms with van der Waals surface area (Å²) in [6, 6.07) is 13.1. The molecule has 0 radical (unpaired) electrons. The molecule has 1 aliphatic rings. The van der Waals surface area contributed by atoms with Crippen molar-refractivity contribution >= 4 is 23.2 Å². The van der Waals surface area contributed by atoms with E-state index in [1.807, 2.05) is 45.0 Å². The molecular weight excluding hydrogens is 344 g/mol. The van der Waals surface area contributed by atoms with Crippen LogP contribution in [0.1, 0.15) is 19.4 Å². The number of carbonyl (C=O) groups is 2. The molecule has 2 amide bonds. The fourth-order valence-electron chi connectivity index (χ4n) is 2.77. The molecule has 0 aliphatic carbocycles. The van der Waals surface area contributed by atoms with Crippen LogP contribution >= 0.6 is 0 Å². The summed E-state index contributed by atoms with van der Waals surface area (Å²) in [6.45, 7) is 6.43. The Morgan fingerprint density at radius 2 is 2.07 bits per heavy atom. The van der Waals surface area contributed by atoms with Crippen LogP contribution in [0.15, 0.2) is 42.5 Å². The number of nitrogens with one attached hydrogen (secondary N) is 1. The second kappa shape index (κ2) is 8.12. The van der Waals surface area contributed by atoms with E-state index in [0.29, 0.717) is 30.3 Å². The first-order valence-corrected chi connectivity index (χ1v) is 9.01. The van der Waals surface area contributed by atoms with E-state index in [2.05, 4.69) is 5.32 Å². The molecule has 1 aliphatic heterocycles. The third-order valence-electron chi connectivity index (χ3n) is 4.27. The van der Waals surface area contributed by atoms with E-state index in [1.54, 1.807) is 23.1 Å². The van der Waals surface area contributed by atoms with Gasteiger partial charge in [0, 0.05) is 17.7 Å². The SMILES string of the molecule is Cc1cccc(OCCN2C(=O)COc3cc(NC(=O)C(C)C)ccc32)c1. The zero-order chi connectivity index (χ0) is 19.4. The number of anilines is 2. The molecule has 27 heavy (non-hydrogen) atoms. The lowest BCUT2D eigenvalue weighted by Crippen LogP contribution is -2.41. The van der Waals surface area contributed by atoms with E-state index >= 15 is 0 Å². The highest BCUT2D eigenvalue weighted by Gasteiger charge is 2.26. The summed E-state index contributed by atoms with van der Waals surface area (Å²) < 4.78 is 11.3. The van der Waals surface area contributed by atoms with Crippen molar-refractivity contribution in [1.82, 2.24) is 0 Å². The standard InChI is InChI=1S/C21H24N2O4/c1-14(2)21(25)22-16-7-8-18-19(12-16)27-13-20(24)23(18)9-10-26-17-6-4-5-15(3)11-17/h4-8,11-12,14H,9-10,13H2,1-3H3,(H,22,25). The van der Waals surface area contributed by atoms with Crippen molar-refractivity contribution in [2.45, 2.75) is 20.8 Å². The summed E-state index contributed by atoms with van der Waals surface area (Å²) in [4.78, 5) is 25.8. The third kappa shape index (κ3) is 4.58. The van der Waals surface area contributed by atoms with Gasteiger partial charge in [0.25, 0.3) is 5.91 Å². The number of nitrogens with zero attached hydrogens (tertiary/aromatic N) is 1. The van der Waals surface area contributed by atoms with Crippen LogP contribution in [0.2, 0.25) is 0 Å². The molecule has 6 nitrogen and oxygen atoms in total. The average molecular weight is 368 g/mol. The van der Waals surface area contributed by atoms with E-state index in [-0.39, 0.29) is 24.3 Å². The van der Waals surface area contributed by atoms with E-state index in [1.165, 1.54) is 0 Å². The first kappa shape index (κ1) is 18.8. The number of carbonyl (C=O) groups excluding carboxylic acids is 2. The van der Waals surface area contributed by atoms with Crippen molar-refractivity contribution in [2.24, 2.45) is 5.92 Å². The second-order valence-electron chi connectivity index (χ2n) is 6.83. The number of benzene rings is 2.